The Labute approximate surface area is 190 Å². The highest BCUT2D eigenvalue weighted by Crippen LogP contribution is 2.44. The number of thiophene rings is 1. The highest BCUT2D eigenvalue weighted by molar-refractivity contribution is 7.99. The number of nitrogen functional groups attached to an aromatic ring is 1. The minimum absolute atomic E-state index is 0.0885. The van der Waals surface area contributed by atoms with E-state index in [2.05, 4.69) is 15.5 Å². The molecule has 1 amide bonds. The van der Waals surface area contributed by atoms with Crippen molar-refractivity contribution in [3.8, 4) is 11.1 Å². The second-order valence-corrected chi connectivity index (χ2v) is 8.69. The van der Waals surface area contributed by atoms with E-state index in [1.165, 1.54) is 6.92 Å². The molecule has 0 spiro atoms. The van der Waals surface area contributed by atoms with Gasteiger partial charge in [-0.3, -0.25) is 9.59 Å². The minimum atomic E-state index is -0.590. The summed E-state index contributed by atoms with van der Waals surface area (Å²) in [6.07, 6.45) is 0. The van der Waals surface area contributed by atoms with Gasteiger partial charge in [0.2, 0.25) is 11.1 Å². The quantitative estimate of drug-likeness (QED) is 0.300. The molecule has 0 aliphatic heterocycles. The number of halogens is 1. The Bertz CT molecular complexity index is 1180. The van der Waals surface area contributed by atoms with E-state index in [1.54, 1.807) is 6.92 Å². The number of aryl methyl sites for hydroxylation is 1. The van der Waals surface area contributed by atoms with Crippen LogP contribution in [-0.2, 0) is 9.53 Å². The first-order valence-electron chi connectivity index (χ1n) is 9.02. The minimum Gasteiger partial charge on any atom is -0.462 e. The van der Waals surface area contributed by atoms with Crippen molar-refractivity contribution in [3.63, 3.8) is 0 Å². The van der Waals surface area contributed by atoms with Crippen molar-refractivity contribution in [1.82, 2.24) is 14.9 Å². The molecule has 0 bridgehead atoms. The summed E-state index contributed by atoms with van der Waals surface area (Å²) in [5.74, 6) is 4.53. The van der Waals surface area contributed by atoms with Crippen molar-refractivity contribution in [2.75, 3.05) is 23.5 Å². The van der Waals surface area contributed by atoms with Gasteiger partial charge < -0.3 is 15.9 Å². The highest BCUT2D eigenvalue weighted by atomic mass is 35.5. The van der Waals surface area contributed by atoms with Gasteiger partial charge in [0.15, 0.2) is 0 Å². The van der Waals surface area contributed by atoms with Crippen molar-refractivity contribution in [3.05, 3.63) is 56.3 Å². The molecule has 0 saturated heterocycles. The first-order chi connectivity index (χ1) is 14.8. The van der Waals surface area contributed by atoms with Gasteiger partial charge in [-0.05, 0) is 19.4 Å². The summed E-state index contributed by atoms with van der Waals surface area (Å²) in [5, 5.41) is 10.6. The van der Waals surface area contributed by atoms with E-state index in [4.69, 9.17) is 22.2 Å². The SMILES string of the molecule is CCOC(=O)c1c(NC(=O)CSc2nnc(C)c(=O)n2N)sc(Cl)c1-c1ccccc1. The average Bonchev–Trinajstić information content (AvgIpc) is 3.07. The van der Waals surface area contributed by atoms with E-state index in [1.807, 2.05) is 30.3 Å². The molecule has 0 saturated carbocycles. The number of esters is 1. The number of rotatable bonds is 7. The molecule has 0 fully saturated rings. The largest absolute Gasteiger partial charge is 0.462 e. The van der Waals surface area contributed by atoms with Gasteiger partial charge in [-0.15, -0.1) is 21.5 Å². The van der Waals surface area contributed by atoms with Gasteiger partial charge >= 0.3 is 5.97 Å². The zero-order chi connectivity index (χ0) is 22.5. The third-order valence-corrected chi connectivity index (χ3v) is 6.27. The summed E-state index contributed by atoms with van der Waals surface area (Å²) in [7, 11) is 0. The Morgan fingerprint density at radius 2 is 2.00 bits per heavy atom. The molecule has 0 atom stereocenters. The number of anilines is 1. The molecule has 0 unspecified atom stereocenters. The molecule has 3 rings (SSSR count). The molecule has 12 heteroatoms. The molecule has 0 aliphatic rings. The van der Waals surface area contributed by atoms with Gasteiger partial charge in [0.25, 0.3) is 5.56 Å². The smallest absolute Gasteiger partial charge is 0.341 e. The zero-order valence-corrected chi connectivity index (χ0v) is 18.9. The Morgan fingerprint density at radius 1 is 1.29 bits per heavy atom. The predicted octanol–water partition coefficient (Wildman–Crippen LogP) is 2.95. The Balaban J connectivity index is 1.85. The highest BCUT2D eigenvalue weighted by Gasteiger charge is 2.26. The number of hydrogen-bond donors (Lipinski definition) is 2. The number of hydrogen-bond acceptors (Lipinski definition) is 9. The number of carbonyl (C=O) groups is 2. The van der Waals surface area contributed by atoms with E-state index in [0.29, 0.717) is 9.90 Å². The number of thioether (sulfide) groups is 1. The Hall–Kier alpha value is -2.89. The molecule has 3 aromatic rings. The fourth-order valence-corrected chi connectivity index (χ4v) is 4.65. The molecular weight excluding hydrogens is 462 g/mol. The maximum absolute atomic E-state index is 12.6. The summed E-state index contributed by atoms with van der Waals surface area (Å²) in [4.78, 5) is 37.0. The van der Waals surface area contributed by atoms with Crippen LogP contribution in [0.1, 0.15) is 23.0 Å². The lowest BCUT2D eigenvalue weighted by atomic mass is 10.0. The third-order valence-electron chi connectivity index (χ3n) is 4.01. The fourth-order valence-electron chi connectivity index (χ4n) is 2.61. The average molecular weight is 480 g/mol. The van der Waals surface area contributed by atoms with E-state index < -0.39 is 17.4 Å². The number of amides is 1. The van der Waals surface area contributed by atoms with Crippen LogP contribution in [0.4, 0.5) is 5.00 Å². The van der Waals surface area contributed by atoms with Crippen LogP contribution in [0.2, 0.25) is 4.34 Å². The zero-order valence-electron chi connectivity index (χ0n) is 16.5. The van der Waals surface area contributed by atoms with E-state index >= 15 is 0 Å². The van der Waals surface area contributed by atoms with Crippen LogP contribution in [0.25, 0.3) is 11.1 Å². The number of benzene rings is 1. The summed E-state index contributed by atoms with van der Waals surface area (Å²) in [6, 6.07) is 9.12. The van der Waals surface area contributed by atoms with E-state index in [9.17, 15) is 14.4 Å². The normalized spacial score (nSPS) is 10.7. The first-order valence-corrected chi connectivity index (χ1v) is 11.2. The molecular formula is C19H18ClN5O4S2. The number of nitrogens with two attached hydrogens (primary N) is 1. The lowest BCUT2D eigenvalue weighted by molar-refractivity contribution is -0.113. The lowest BCUT2D eigenvalue weighted by Crippen LogP contribution is -2.32. The molecule has 2 heterocycles. The van der Waals surface area contributed by atoms with Gasteiger partial charge in [0.1, 0.15) is 20.6 Å². The summed E-state index contributed by atoms with van der Waals surface area (Å²) < 4.78 is 6.35. The summed E-state index contributed by atoms with van der Waals surface area (Å²) >= 11 is 8.42. The predicted molar refractivity (Wildman–Crippen MR) is 121 cm³/mol. The van der Waals surface area contributed by atoms with Crippen molar-refractivity contribution >= 4 is 51.6 Å². The first kappa shape index (κ1) is 22.8. The number of carbonyl (C=O) groups excluding carboxylic acids is 2. The fraction of sp³-hybridized carbons (Fsp3) is 0.211. The molecule has 0 aliphatic carbocycles. The number of nitrogens with one attached hydrogen (secondary N) is 1. The topological polar surface area (TPSA) is 129 Å². The summed E-state index contributed by atoms with van der Waals surface area (Å²) in [6.45, 7) is 3.35. The molecule has 3 N–H and O–H groups in total. The van der Waals surface area contributed by atoms with Crippen LogP contribution in [0, 0.1) is 6.92 Å². The number of nitrogens with zero attached hydrogens (tertiary/aromatic N) is 3. The molecule has 162 valence electrons. The maximum Gasteiger partial charge on any atom is 0.341 e. The van der Waals surface area contributed by atoms with Gasteiger partial charge in [-0.2, -0.15) is 4.68 Å². The second kappa shape index (κ2) is 9.94. The van der Waals surface area contributed by atoms with Crippen LogP contribution >= 0.6 is 34.7 Å². The molecule has 0 radical (unpaired) electrons. The van der Waals surface area contributed by atoms with Gasteiger partial charge in [0, 0.05) is 5.56 Å². The van der Waals surface area contributed by atoms with E-state index in [-0.39, 0.29) is 33.8 Å². The molecule has 1 aromatic carbocycles. The molecule has 9 nitrogen and oxygen atoms in total. The van der Waals surface area contributed by atoms with Crippen LogP contribution in [0.5, 0.6) is 0 Å². The standard InChI is InChI=1S/C19H18ClN5O4S2/c1-3-29-18(28)14-13(11-7-5-4-6-8-11)15(20)31-16(14)22-12(26)9-30-19-24-23-10(2)17(27)25(19)21/h4-8H,3,9,21H2,1-2H3,(H,22,26). The lowest BCUT2D eigenvalue weighted by Gasteiger charge is -2.09. The van der Waals surface area contributed by atoms with Crippen LogP contribution in [0.15, 0.2) is 40.3 Å². The van der Waals surface area contributed by atoms with Gasteiger partial charge in [-0.1, -0.05) is 53.7 Å². The van der Waals surface area contributed by atoms with Crippen molar-refractivity contribution in [1.29, 1.82) is 0 Å². The maximum atomic E-state index is 12.6. The van der Waals surface area contributed by atoms with Gasteiger partial charge in [0.05, 0.1) is 12.4 Å². The van der Waals surface area contributed by atoms with Gasteiger partial charge in [-0.25, -0.2) is 4.79 Å². The number of ether oxygens (including phenoxy) is 1. The molecule has 2 aromatic heterocycles. The van der Waals surface area contributed by atoms with Crippen LogP contribution < -0.4 is 16.7 Å². The second-order valence-electron chi connectivity index (χ2n) is 6.12. The number of aromatic nitrogens is 3. The van der Waals surface area contributed by atoms with Crippen LogP contribution in [-0.4, -0.2) is 39.1 Å². The monoisotopic (exact) mass is 479 g/mol. The Morgan fingerprint density at radius 3 is 2.68 bits per heavy atom. The van der Waals surface area contributed by atoms with Crippen LogP contribution in [0.3, 0.4) is 0 Å². The van der Waals surface area contributed by atoms with Crippen molar-refractivity contribution in [2.45, 2.75) is 19.0 Å². The van der Waals surface area contributed by atoms with Crippen molar-refractivity contribution in [2.24, 2.45) is 0 Å². The van der Waals surface area contributed by atoms with Crippen molar-refractivity contribution < 1.29 is 14.3 Å². The Kier molecular flexibility index (Phi) is 7.31. The van der Waals surface area contributed by atoms with E-state index in [0.717, 1.165) is 33.3 Å². The third kappa shape index (κ3) is 5.06. The molecule has 31 heavy (non-hydrogen) atoms. The summed E-state index contributed by atoms with van der Waals surface area (Å²) in [5.41, 5.74) is 1.06.